The van der Waals surface area contributed by atoms with Crippen LogP contribution in [0.25, 0.3) is 0 Å². The van der Waals surface area contributed by atoms with Gasteiger partial charge in [0.25, 0.3) is 0 Å². The minimum atomic E-state index is 0.458. The summed E-state index contributed by atoms with van der Waals surface area (Å²) in [6, 6.07) is 7.31. The summed E-state index contributed by atoms with van der Waals surface area (Å²) < 4.78 is 9.85. The number of rotatable bonds is 4. The Labute approximate surface area is 83.5 Å². The molecule has 0 spiro atoms. The normalized spacial score (nSPS) is 9.23. The highest BCUT2D eigenvalue weighted by atomic mass is 32.1. The lowest BCUT2D eigenvalue weighted by molar-refractivity contribution is 0.241. The van der Waals surface area contributed by atoms with E-state index in [1.807, 2.05) is 24.3 Å². The van der Waals surface area contributed by atoms with Gasteiger partial charge in [-0.2, -0.15) is 0 Å². The molecule has 0 aliphatic carbocycles. The van der Waals surface area contributed by atoms with E-state index in [9.17, 15) is 0 Å². The standard InChI is InChI=1S/C10H10O2S/c1-2-9-3-5-10(6-4-9)11-7-8-12-13/h1,3-6,13H,7-8H2. The van der Waals surface area contributed by atoms with Gasteiger partial charge in [0.15, 0.2) is 0 Å². The molecule has 2 nitrogen and oxygen atoms in total. The Bertz CT molecular complexity index is 287. The van der Waals surface area contributed by atoms with Gasteiger partial charge < -0.3 is 8.92 Å². The summed E-state index contributed by atoms with van der Waals surface area (Å²) >= 11 is 3.59. The summed E-state index contributed by atoms with van der Waals surface area (Å²) in [5.41, 5.74) is 0.845. The van der Waals surface area contributed by atoms with Gasteiger partial charge in [-0.05, 0) is 37.2 Å². The highest BCUT2D eigenvalue weighted by Crippen LogP contribution is 2.11. The second-order valence-corrected chi connectivity index (χ2v) is 2.61. The third kappa shape index (κ3) is 3.41. The number of hydrogen-bond acceptors (Lipinski definition) is 3. The molecule has 0 atom stereocenters. The van der Waals surface area contributed by atoms with Gasteiger partial charge in [-0.25, -0.2) is 0 Å². The molecule has 1 aromatic carbocycles. The van der Waals surface area contributed by atoms with Crippen molar-refractivity contribution in [2.75, 3.05) is 13.2 Å². The Morgan fingerprint density at radius 2 is 1.92 bits per heavy atom. The zero-order valence-electron chi connectivity index (χ0n) is 7.06. The van der Waals surface area contributed by atoms with Crippen LogP contribution in [0.15, 0.2) is 24.3 Å². The first-order chi connectivity index (χ1) is 6.36. The van der Waals surface area contributed by atoms with E-state index in [1.165, 1.54) is 0 Å². The van der Waals surface area contributed by atoms with Gasteiger partial charge in [0.2, 0.25) is 0 Å². The van der Waals surface area contributed by atoms with Crippen LogP contribution >= 0.6 is 12.9 Å². The number of terminal acetylenes is 1. The van der Waals surface area contributed by atoms with Crippen LogP contribution in [-0.4, -0.2) is 13.2 Å². The van der Waals surface area contributed by atoms with E-state index in [0.717, 1.165) is 11.3 Å². The van der Waals surface area contributed by atoms with Gasteiger partial charge in [0, 0.05) is 5.56 Å². The Kier molecular flexibility index (Phi) is 4.24. The number of ether oxygens (including phenoxy) is 1. The van der Waals surface area contributed by atoms with E-state index in [0.29, 0.717) is 13.2 Å². The smallest absolute Gasteiger partial charge is 0.119 e. The third-order valence-corrected chi connectivity index (χ3v) is 1.65. The molecule has 0 heterocycles. The van der Waals surface area contributed by atoms with Gasteiger partial charge in [-0.1, -0.05) is 5.92 Å². The molecule has 0 saturated carbocycles. The quantitative estimate of drug-likeness (QED) is 0.341. The maximum Gasteiger partial charge on any atom is 0.119 e. The average molecular weight is 194 g/mol. The van der Waals surface area contributed by atoms with E-state index in [2.05, 4.69) is 23.0 Å². The van der Waals surface area contributed by atoms with E-state index in [4.69, 9.17) is 11.2 Å². The van der Waals surface area contributed by atoms with Crippen molar-refractivity contribution >= 4 is 12.9 Å². The highest BCUT2D eigenvalue weighted by molar-refractivity contribution is 7.75. The topological polar surface area (TPSA) is 18.5 Å². The minimum Gasteiger partial charge on any atom is -0.491 e. The molecule has 0 unspecified atom stereocenters. The molecule has 0 aliphatic heterocycles. The van der Waals surface area contributed by atoms with Crippen molar-refractivity contribution in [3.05, 3.63) is 29.8 Å². The van der Waals surface area contributed by atoms with Crippen molar-refractivity contribution in [2.45, 2.75) is 0 Å². The average Bonchev–Trinajstić information content (AvgIpc) is 2.19. The summed E-state index contributed by atoms with van der Waals surface area (Å²) in [6.07, 6.45) is 5.20. The summed E-state index contributed by atoms with van der Waals surface area (Å²) in [5, 5.41) is 0. The molecule has 1 rings (SSSR count). The summed E-state index contributed by atoms with van der Waals surface area (Å²) in [7, 11) is 0. The molecular weight excluding hydrogens is 184 g/mol. The summed E-state index contributed by atoms with van der Waals surface area (Å²) in [6.45, 7) is 0.943. The molecule has 0 aromatic heterocycles. The fourth-order valence-corrected chi connectivity index (χ4v) is 0.919. The molecule has 0 bridgehead atoms. The molecule has 68 valence electrons. The SMILES string of the molecule is C#Cc1ccc(OCCOS)cc1. The molecule has 0 saturated heterocycles. The molecule has 13 heavy (non-hydrogen) atoms. The first-order valence-corrected chi connectivity index (χ1v) is 4.19. The Morgan fingerprint density at radius 1 is 1.23 bits per heavy atom. The number of benzene rings is 1. The summed E-state index contributed by atoms with van der Waals surface area (Å²) in [5.74, 6) is 3.31. The van der Waals surface area contributed by atoms with Crippen molar-refractivity contribution in [3.8, 4) is 18.1 Å². The fraction of sp³-hybridized carbons (Fsp3) is 0.200. The molecule has 0 radical (unpaired) electrons. The number of thiol groups is 1. The third-order valence-electron chi connectivity index (χ3n) is 1.46. The predicted molar refractivity (Wildman–Crippen MR) is 54.8 cm³/mol. The Balaban J connectivity index is 2.46. The van der Waals surface area contributed by atoms with Crippen molar-refractivity contribution in [1.29, 1.82) is 0 Å². The second-order valence-electron chi connectivity index (χ2n) is 2.35. The van der Waals surface area contributed by atoms with Gasteiger partial charge in [-0.15, -0.1) is 6.42 Å². The van der Waals surface area contributed by atoms with Crippen LogP contribution < -0.4 is 4.74 Å². The summed E-state index contributed by atoms with van der Waals surface area (Å²) in [4.78, 5) is 0. The molecule has 0 aliphatic rings. The first kappa shape index (κ1) is 9.97. The van der Waals surface area contributed by atoms with Crippen LogP contribution in [0.1, 0.15) is 5.56 Å². The molecular formula is C10H10O2S. The van der Waals surface area contributed by atoms with E-state index in [1.54, 1.807) is 0 Å². The maximum atomic E-state index is 5.30. The lowest BCUT2D eigenvalue weighted by atomic mass is 10.2. The Hall–Kier alpha value is -1.11. The second kappa shape index (κ2) is 5.52. The van der Waals surface area contributed by atoms with Gasteiger partial charge in [0.05, 0.1) is 6.61 Å². The van der Waals surface area contributed by atoms with Gasteiger partial charge in [0.1, 0.15) is 12.4 Å². The van der Waals surface area contributed by atoms with Gasteiger partial charge >= 0.3 is 0 Å². The largest absolute Gasteiger partial charge is 0.491 e. The zero-order chi connectivity index (χ0) is 9.52. The van der Waals surface area contributed by atoms with Crippen LogP contribution in [0.4, 0.5) is 0 Å². The minimum absolute atomic E-state index is 0.458. The lowest BCUT2D eigenvalue weighted by Crippen LogP contribution is -2.02. The van der Waals surface area contributed by atoms with Crippen molar-refractivity contribution in [1.82, 2.24) is 0 Å². The zero-order valence-corrected chi connectivity index (χ0v) is 7.96. The van der Waals surface area contributed by atoms with Crippen LogP contribution in [0.3, 0.4) is 0 Å². The fourth-order valence-electron chi connectivity index (χ4n) is 0.844. The maximum absolute atomic E-state index is 5.30. The van der Waals surface area contributed by atoms with Crippen LogP contribution in [0.5, 0.6) is 5.75 Å². The van der Waals surface area contributed by atoms with Crippen molar-refractivity contribution < 1.29 is 8.92 Å². The van der Waals surface area contributed by atoms with Crippen molar-refractivity contribution in [2.24, 2.45) is 0 Å². The number of hydrogen-bond donors (Lipinski definition) is 1. The van der Waals surface area contributed by atoms with Gasteiger partial charge in [-0.3, -0.25) is 0 Å². The first-order valence-electron chi connectivity index (χ1n) is 3.82. The molecule has 0 amide bonds. The van der Waals surface area contributed by atoms with Crippen LogP contribution in [0.2, 0.25) is 0 Å². The van der Waals surface area contributed by atoms with Crippen LogP contribution in [0, 0.1) is 12.3 Å². The predicted octanol–water partition coefficient (Wildman–Crippen LogP) is 1.91. The molecule has 1 aromatic rings. The Morgan fingerprint density at radius 3 is 2.46 bits per heavy atom. The molecule has 0 N–H and O–H groups in total. The van der Waals surface area contributed by atoms with E-state index < -0.39 is 0 Å². The van der Waals surface area contributed by atoms with E-state index >= 15 is 0 Å². The highest BCUT2D eigenvalue weighted by Gasteiger charge is 1.92. The molecule has 0 fully saturated rings. The van der Waals surface area contributed by atoms with Crippen molar-refractivity contribution in [3.63, 3.8) is 0 Å². The van der Waals surface area contributed by atoms with E-state index in [-0.39, 0.29) is 0 Å². The monoisotopic (exact) mass is 194 g/mol. The molecule has 3 heteroatoms. The lowest BCUT2D eigenvalue weighted by Gasteiger charge is -2.04. The van der Waals surface area contributed by atoms with Crippen LogP contribution in [-0.2, 0) is 4.18 Å².